The lowest BCUT2D eigenvalue weighted by atomic mass is 10.1. The summed E-state index contributed by atoms with van der Waals surface area (Å²) in [7, 11) is 0. The lowest BCUT2D eigenvalue weighted by Gasteiger charge is -2.05. The molecular formula is C20H16N4O2S. The van der Waals surface area contributed by atoms with E-state index in [-0.39, 0.29) is 18.2 Å². The zero-order valence-corrected chi connectivity index (χ0v) is 15.4. The fraction of sp³-hybridized carbons (Fsp3) is 0.100. The molecule has 3 heterocycles. The highest BCUT2D eigenvalue weighted by molar-refractivity contribution is 7.14. The summed E-state index contributed by atoms with van der Waals surface area (Å²) in [6.07, 6.45) is 5.17. The van der Waals surface area contributed by atoms with Crippen LogP contribution in [0, 0.1) is 0 Å². The summed E-state index contributed by atoms with van der Waals surface area (Å²) >= 11 is 1.36. The van der Waals surface area contributed by atoms with Crippen LogP contribution in [0.5, 0.6) is 0 Å². The van der Waals surface area contributed by atoms with Crippen molar-refractivity contribution in [3.05, 3.63) is 65.9 Å². The van der Waals surface area contributed by atoms with Crippen LogP contribution < -0.4 is 5.32 Å². The van der Waals surface area contributed by atoms with Crippen molar-refractivity contribution in [3.8, 4) is 11.3 Å². The van der Waals surface area contributed by atoms with Crippen molar-refractivity contribution in [1.82, 2.24) is 14.5 Å². The highest BCUT2D eigenvalue weighted by Gasteiger charge is 2.14. The van der Waals surface area contributed by atoms with Crippen LogP contribution in [0.15, 0.2) is 60.4 Å². The first-order valence-corrected chi connectivity index (χ1v) is 9.24. The smallest absolute Gasteiger partial charge is 0.246 e. The largest absolute Gasteiger partial charge is 0.337 e. The average molecular weight is 376 g/mol. The quantitative estimate of drug-likeness (QED) is 0.534. The molecule has 0 unspecified atom stereocenters. The molecule has 1 N–H and O–H groups in total. The van der Waals surface area contributed by atoms with E-state index in [2.05, 4.69) is 15.3 Å². The van der Waals surface area contributed by atoms with Gasteiger partial charge in [0.1, 0.15) is 6.54 Å². The van der Waals surface area contributed by atoms with E-state index in [9.17, 15) is 9.59 Å². The van der Waals surface area contributed by atoms with Crippen LogP contribution in [0.2, 0.25) is 0 Å². The second-order valence-electron chi connectivity index (χ2n) is 6.07. The minimum Gasteiger partial charge on any atom is -0.337 e. The number of benzene rings is 1. The standard InChI is InChI=1S/C20H16N4O2S/c1-13(25)16-10-24(18-7-3-2-6-15(16)18)11-19(26)23-20-22-17(12-27-20)14-5-4-8-21-9-14/h2-10,12H,11H2,1H3,(H,22,23,26). The number of carbonyl (C=O) groups is 2. The molecule has 0 fully saturated rings. The van der Waals surface area contributed by atoms with E-state index in [1.807, 2.05) is 41.8 Å². The number of thiazole rings is 1. The summed E-state index contributed by atoms with van der Waals surface area (Å²) in [5.74, 6) is -0.218. The van der Waals surface area contributed by atoms with Gasteiger partial charge in [-0.1, -0.05) is 18.2 Å². The minimum absolute atomic E-state index is 0.0219. The number of anilines is 1. The molecule has 1 amide bonds. The van der Waals surface area contributed by atoms with Gasteiger partial charge in [-0.2, -0.15) is 0 Å². The molecule has 4 rings (SSSR count). The van der Waals surface area contributed by atoms with Gasteiger partial charge in [0.05, 0.1) is 5.69 Å². The Morgan fingerprint density at radius 2 is 2.04 bits per heavy atom. The highest BCUT2D eigenvalue weighted by Crippen LogP contribution is 2.25. The number of Topliss-reactive ketones (excluding diaryl/α,β-unsaturated/α-hetero) is 1. The maximum atomic E-state index is 12.5. The van der Waals surface area contributed by atoms with Crippen LogP contribution in [0.1, 0.15) is 17.3 Å². The predicted molar refractivity (Wildman–Crippen MR) is 106 cm³/mol. The molecule has 0 radical (unpaired) electrons. The summed E-state index contributed by atoms with van der Waals surface area (Å²) in [5.41, 5.74) is 3.14. The normalized spacial score (nSPS) is 10.9. The number of hydrogen-bond donors (Lipinski definition) is 1. The van der Waals surface area contributed by atoms with E-state index in [4.69, 9.17) is 0 Å². The number of hydrogen-bond acceptors (Lipinski definition) is 5. The zero-order valence-electron chi connectivity index (χ0n) is 14.5. The second kappa shape index (κ2) is 7.13. The Bertz CT molecular complexity index is 1130. The van der Waals surface area contributed by atoms with Gasteiger partial charge in [0.2, 0.25) is 5.91 Å². The molecule has 0 bridgehead atoms. The van der Waals surface area contributed by atoms with Gasteiger partial charge in [-0.15, -0.1) is 11.3 Å². The molecule has 27 heavy (non-hydrogen) atoms. The first-order valence-electron chi connectivity index (χ1n) is 8.36. The van der Waals surface area contributed by atoms with E-state index in [1.54, 1.807) is 23.2 Å². The van der Waals surface area contributed by atoms with Gasteiger partial charge >= 0.3 is 0 Å². The highest BCUT2D eigenvalue weighted by atomic mass is 32.1. The van der Waals surface area contributed by atoms with Gasteiger partial charge in [-0.25, -0.2) is 4.98 Å². The van der Waals surface area contributed by atoms with Gasteiger partial charge in [0.25, 0.3) is 0 Å². The third-order valence-electron chi connectivity index (χ3n) is 4.19. The number of aromatic nitrogens is 3. The fourth-order valence-electron chi connectivity index (χ4n) is 2.95. The third-order valence-corrected chi connectivity index (χ3v) is 4.95. The molecule has 134 valence electrons. The van der Waals surface area contributed by atoms with E-state index in [0.717, 1.165) is 22.2 Å². The average Bonchev–Trinajstić information content (AvgIpc) is 3.28. The maximum Gasteiger partial charge on any atom is 0.246 e. The van der Waals surface area contributed by atoms with Crippen LogP contribution >= 0.6 is 11.3 Å². The summed E-state index contributed by atoms with van der Waals surface area (Å²) in [4.78, 5) is 32.9. The number of rotatable bonds is 5. The number of pyridine rings is 1. The van der Waals surface area contributed by atoms with E-state index >= 15 is 0 Å². The van der Waals surface area contributed by atoms with Crippen molar-refractivity contribution in [2.75, 3.05) is 5.32 Å². The summed E-state index contributed by atoms with van der Waals surface area (Å²) in [6, 6.07) is 11.3. The number of ketones is 1. The van der Waals surface area contributed by atoms with Crippen molar-refractivity contribution in [2.45, 2.75) is 13.5 Å². The first-order chi connectivity index (χ1) is 13.1. The van der Waals surface area contributed by atoms with Gasteiger partial charge in [0, 0.05) is 46.0 Å². The summed E-state index contributed by atoms with van der Waals surface area (Å²) < 4.78 is 1.79. The molecule has 0 aliphatic carbocycles. The fourth-order valence-corrected chi connectivity index (χ4v) is 3.69. The van der Waals surface area contributed by atoms with E-state index in [1.165, 1.54) is 18.3 Å². The monoisotopic (exact) mass is 376 g/mol. The second-order valence-corrected chi connectivity index (χ2v) is 6.93. The Morgan fingerprint density at radius 1 is 1.19 bits per heavy atom. The topological polar surface area (TPSA) is 76.9 Å². The lowest BCUT2D eigenvalue weighted by Crippen LogP contribution is -2.18. The van der Waals surface area contributed by atoms with Crippen molar-refractivity contribution in [2.24, 2.45) is 0 Å². The predicted octanol–water partition coefficient (Wildman–Crippen LogP) is 4.00. The maximum absolute atomic E-state index is 12.5. The molecule has 4 aromatic rings. The molecular weight excluding hydrogens is 360 g/mol. The number of nitrogens with one attached hydrogen (secondary N) is 1. The zero-order chi connectivity index (χ0) is 18.8. The lowest BCUT2D eigenvalue weighted by molar-refractivity contribution is -0.116. The van der Waals surface area contributed by atoms with Crippen molar-refractivity contribution in [3.63, 3.8) is 0 Å². The molecule has 7 heteroatoms. The SMILES string of the molecule is CC(=O)c1cn(CC(=O)Nc2nc(-c3cccnc3)cs2)c2ccccc12. The Balaban J connectivity index is 1.53. The van der Waals surface area contributed by atoms with Crippen LogP contribution in [-0.4, -0.2) is 26.2 Å². The van der Waals surface area contributed by atoms with Crippen molar-refractivity contribution >= 4 is 39.1 Å². The van der Waals surface area contributed by atoms with Gasteiger partial charge in [-0.3, -0.25) is 14.6 Å². The number of fused-ring (bicyclic) bond motifs is 1. The Hall–Kier alpha value is -3.32. The van der Waals surface area contributed by atoms with Crippen molar-refractivity contribution in [1.29, 1.82) is 0 Å². The molecule has 0 saturated carbocycles. The van der Waals surface area contributed by atoms with Gasteiger partial charge < -0.3 is 9.88 Å². The van der Waals surface area contributed by atoms with Crippen molar-refractivity contribution < 1.29 is 9.59 Å². The molecule has 0 aliphatic heterocycles. The first kappa shape index (κ1) is 17.1. The van der Waals surface area contributed by atoms with Gasteiger partial charge in [-0.05, 0) is 25.1 Å². The third kappa shape index (κ3) is 3.50. The molecule has 0 spiro atoms. The van der Waals surface area contributed by atoms with Crippen LogP contribution in [0.25, 0.3) is 22.2 Å². The Labute approximate surface area is 159 Å². The summed E-state index contributed by atoms with van der Waals surface area (Å²) in [6.45, 7) is 1.64. The molecule has 1 aromatic carbocycles. The molecule has 0 aliphatic rings. The van der Waals surface area contributed by atoms with E-state index in [0.29, 0.717) is 10.7 Å². The minimum atomic E-state index is -0.196. The number of carbonyl (C=O) groups excluding carboxylic acids is 2. The Kier molecular flexibility index (Phi) is 4.52. The van der Waals surface area contributed by atoms with Gasteiger partial charge in [0.15, 0.2) is 10.9 Å². The molecule has 0 atom stereocenters. The van der Waals surface area contributed by atoms with Crippen LogP contribution in [0.3, 0.4) is 0 Å². The number of para-hydroxylation sites is 1. The summed E-state index contributed by atoms with van der Waals surface area (Å²) in [5, 5.41) is 6.09. The Morgan fingerprint density at radius 3 is 2.81 bits per heavy atom. The number of nitrogens with zero attached hydrogens (tertiary/aromatic N) is 3. The molecule has 6 nitrogen and oxygen atoms in total. The van der Waals surface area contributed by atoms with Crippen LogP contribution in [0.4, 0.5) is 5.13 Å². The molecule has 3 aromatic heterocycles. The van der Waals surface area contributed by atoms with E-state index < -0.39 is 0 Å². The number of amides is 1. The molecule has 0 saturated heterocycles. The van der Waals surface area contributed by atoms with Crippen LogP contribution in [-0.2, 0) is 11.3 Å².